The summed E-state index contributed by atoms with van der Waals surface area (Å²) in [7, 11) is 1.89. The molecule has 1 unspecified atom stereocenters. The van der Waals surface area contributed by atoms with Gasteiger partial charge >= 0.3 is 6.03 Å². The van der Waals surface area contributed by atoms with Crippen LogP contribution in [0, 0.1) is 0 Å². The van der Waals surface area contributed by atoms with Crippen LogP contribution in [0.2, 0.25) is 0 Å². The second kappa shape index (κ2) is 9.69. The van der Waals surface area contributed by atoms with E-state index in [1.54, 1.807) is 6.07 Å². The molecule has 1 heterocycles. The second-order valence-corrected chi connectivity index (χ2v) is 7.59. The molecule has 2 amide bonds. The quantitative estimate of drug-likeness (QED) is 0.552. The molecule has 0 radical (unpaired) electrons. The Morgan fingerprint density at radius 1 is 1.10 bits per heavy atom. The van der Waals surface area contributed by atoms with E-state index >= 15 is 0 Å². The van der Waals surface area contributed by atoms with Crippen LogP contribution in [0.25, 0.3) is 10.9 Å². The highest BCUT2D eigenvalue weighted by atomic mass is 16.5. The van der Waals surface area contributed by atoms with Crippen molar-refractivity contribution in [1.82, 2.24) is 10.3 Å². The number of ether oxygens (including phenoxy) is 1. The van der Waals surface area contributed by atoms with Crippen molar-refractivity contribution >= 4 is 16.9 Å². The smallest absolute Gasteiger partial charge is 0.416 e. The fourth-order valence-corrected chi connectivity index (χ4v) is 3.16. The Morgan fingerprint density at radius 2 is 1.87 bits per heavy atom. The summed E-state index contributed by atoms with van der Waals surface area (Å²) in [4.78, 5) is 17.0. The summed E-state index contributed by atoms with van der Waals surface area (Å²) in [5.74, 6) is 0.649. The number of aliphatic hydroxyl groups is 1. The van der Waals surface area contributed by atoms with E-state index in [1.807, 2.05) is 75.5 Å². The van der Waals surface area contributed by atoms with Gasteiger partial charge in [0.25, 0.3) is 0 Å². The molecule has 2 aromatic carbocycles. The maximum Gasteiger partial charge on any atom is 0.416 e. The third kappa shape index (κ3) is 5.14. The van der Waals surface area contributed by atoms with Crippen LogP contribution in [0.5, 0.6) is 5.75 Å². The number of aliphatic hydroxyl groups excluding tert-OH is 1. The van der Waals surface area contributed by atoms with Gasteiger partial charge in [-0.1, -0.05) is 36.4 Å². The van der Waals surface area contributed by atoms with Crippen molar-refractivity contribution in [3.63, 3.8) is 0 Å². The lowest BCUT2D eigenvalue weighted by atomic mass is 10.1. The zero-order valence-corrected chi connectivity index (χ0v) is 17.8. The summed E-state index contributed by atoms with van der Waals surface area (Å²) >= 11 is 0. The molecule has 0 bridgehead atoms. The standard InChI is InChI=1S/C24H29N3O3/c1-4-27(3,5-2)24(29)25-16-23(28)19-10-8-11-21(15-19)30-17-20-14-13-18-9-6-7-12-22(18)26-20/h6-15,23,28H,4-5,16-17H2,1-3H3/p+1. The molecule has 0 spiro atoms. The molecule has 0 aliphatic carbocycles. The Morgan fingerprint density at radius 3 is 2.63 bits per heavy atom. The zero-order chi connectivity index (χ0) is 21.6. The number of nitrogens with zero attached hydrogens (tertiary/aromatic N) is 2. The van der Waals surface area contributed by atoms with E-state index in [4.69, 9.17) is 4.74 Å². The minimum absolute atomic E-state index is 0.0890. The number of urea groups is 1. The van der Waals surface area contributed by atoms with E-state index in [1.165, 1.54) is 0 Å². The number of para-hydroxylation sites is 1. The number of hydrogen-bond donors (Lipinski definition) is 2. The van der Waals surface area contributed by atoms with Crippen molar-refractivity contribution in [2.75, 3.05) is 26.7 Å². The van der Waals surface area contributed by atoms with Crippen LogP contribution in [0.3, 0.4) is 0 Å². The van der Waals surface area contributed by atoms with Crippen LogP contribution in [0.15, 0.2) is 60.7 Å². The normalized spacial score (nSPS) is 12.5. The number of quaternary nitrogens is 1. The zero-order valence-electron chi connectivity index (χ0n) is 17.8. The Balaban J connectivity index is 1.60. The number of amides is 2. The minimum Gasteiger partial charge on any atom is -0.487 e. The van der Waals surface area contributed by atoms with Crippen LogP contribution >= 0.6 is 0 Å². The lowest BCUT2D eigenvalue weighted by Gasteiger charge is -2.29. The molecule has 0 aliphatic rings. The molecule has 1 atom stereocenters. The summed E-state index contributed by atoms with van der Waals surface area (Å²) in [5.41, 5.74) is 2.47. The topological polar surface area (TPSA) is 71.5 Å². The number of carbonyl (C=O) groups excluding carboxylic acids is 1. The largest absolute Gasteiger partial charge is 0.487 e. The fraction of sp³-hybridized carbons (Fsp3) is 0.333. The SMILES string of the molecule is CC[N+](C)(CC)C(=O)NCC(O)c1cccc(OCc2ccc3ccccc3n2)c1. The van der Waals surface area contributed by atoms with Gasteiger partial charge in [0, 0.05) is 5.39 Å². The van der Waals surface area contributed by atoms with Gasteiger partial charge in [-0.2, -0.15) is 0 Å². The van der Waals surface area contributed by atoms with Crippen molar-refractivity contribution < 1.29 is 19.1 Å². The molecule has 6 nitrogen and oxygen atoms in total. The lowest BCUT2D eigenvalue weighted by Crippen LogP contribution is -2.54. The van der Waals surface area contributed by atoms with Crippen molar-refractivity contribution in [1.29, 1.82) is 0 Å². The lowest BCUT2D eigenvalue weighted by molar-refractivity contribution is -0.826. The summed E-state index contributed by atoms with van der Waals surface area (Å²) in [6.07, 6.45) is -0.807. The van der Waals surface area contributed by atoms with Crippen molar-refractivity contribution in [2.45, 2.75) is 26.6 Å². The van der Waals surface area contributed by atoms with Crippen molar-refractivity contribution in [3.05, 3.63) is 71.9 Å². The number of nitrogens with one attached hydrogen (secondary N) is 1. The molecule has 3 aromatic rings. The predicted molar refractivity (Wildman–Crippen MR) is 118 cm³/mol. The average molecular weight is 409 g/mol. The van der Waals surface area contributed by atoms with Crippen molar-refractivity contribution in [2.24, 2.45) is 0 Å². The van der Waals surface area contributed by atoms with Gasteiger partial charge in [0.15, 0.2) is 0 Å². The number of benzene rings is 2. The first-order valence-electron chi connectivity index (χ1n) is 10.3. The molecule has 1 aromatic heterocycles. The molecule has 0 aliphatic heterocycles. The monoisotopic (exact) mass is 408 g/mol. The Hall–Kier alpha value is -2.96. The third-order valence-electron chi connectivity index (χ3n) is 5.62. The van der Waals surface area contributed by atoms with Gasteiger partial charge in [-0.25, -0.2) is 14.3 Å². The molecule has 3 rings (SSSR count). The van der Waals surface area contributed by atoms with Gasteiger partial charge in [-0.15, -0.1) is 0 Å². The summed E-state index contributed by atoms with van der Waals surface area (Å²) < 4.78 is 6.17. The van der Waals surface area contributed by atoms with E-state index in [9.17, 15) is 9.90 Å². The highest BCUT2D eigenvalue weighted by molar-refractivity contribution is 5.78. The molecule has 0 saturated heterocycles. The minimum atomic E-state index is -0.807. The number of pyridine rings is 1. The molecular formula is C24H30N3O3+. The Bertz CT molecular complexity index is 1000. The van der Waals surface area contributed by atoms with Crippen LogP contribution in [0.1, 0.15) is 31.2 Å². The summed E-state index contributed by atoms with van der Waals surface area (Å²) in [6, 6.07) is 19.2. The maximum atomic E-state index is 12.4. The molecule has 30 heavy (non-hydrogen) atoms. The molecule has 158 valence electrons. The number of carbonyl (C=O) groups is 1. The van der Waals surface area contributed by atoms with Crippen LogP contribution < -0.4 is 10.1 Å². The van der Waals surface area contributed by atoms with Gasteiger partial charge in [-0.3, -0.25) is 0 Å². The number of aromatic nitrogens is 1. The van der Waals surface area contributed by atoms with E-state index in [2.05, 4.69) is 10.3 Å². The summed E-state index contributed by atoms with van der Waals surface area (Å²) in [6.45, 7) is 5.84. The molecule has 0 fully saturated rings. The molecular weight excluding hydrogens is 378 g/mol. The summed E-state index contributed by atoms with van der Waals surface area (Å²) in [5, 5.41) is 14.5. The number of rotatable bonds is 8. The Kier molecular flexibility index (Phi) is 7.03. The first-order valence-corrected chi connectivity index (χ1v) is 10.3. The highest BCUT2D eigenvalue weighted by Crippen LogP contribution is 2.20. The Labute approximate surface area is 177 Å². The highest BCUT2D eigenvalue weighted by Gasteiger charge is 2.28. The maximum absolute atomic E-state index is 12.4. The van der Waals surface area contributed by atoms with E-state index < -0.39 is 6.10 Å². The first-order chi connectivity index (χ1) is 14.4. The van der Waals surface area contributed by atoms with Crippen LogP contribution in [0.4, 0.5) is 4.79 Å². The second-order valence-electron chi connectivity index (χ2n) is 7.59. The molecule has 2 N–H and O–H groups in total. The predicted octanol–water partition coefficient (Wildman–Crippen LogP) is 4.04. The number of hydrogen-bond acceptors (Lipinski definition) is 4. The third-order valence-corrected chi connectivity index (χ3v) is 5.62. The van der Waals surface area contributed by atoms with Gasteiger partial charge < -0.3 is 15.2 Å². The van der Waals surface area contributed by atoms with E-state index in [0.717, 1.165) is 16.6 Å². The number of fused-ring (bicyclic) bond motifs is 1. The van der Waals surface area contributed by atoms with Gasteiger partial charge in [0.05, 0.1) is 44.0 Å². The molecule has 0 saturated carbocycles. The van der Waals surface area contributed by atoms with Crippen LogP contribution in [-0.4, -0.2) is 47.3 Å². The van der Waals surface area contributed by atoms with Gasteiger partial charge in [-0.05, 0) is 43.7 Å². The average Bonchev–Trinajstić information content (AvgIpc) is 2.80. The van der Waals surface area contributed by atoms with Crippen molar-refractivity contribution in [3.8, 4) is 5.75 Å². The van der Waals surface area contributed by atoms with Gasteiger partial charge in [0.2, 0.25) is 0 Å². The fourth-order valence-electron chi connectivity index (χ4n) is 3.16. The first kappa shape index (κ1) is 21.7. The van der Waals surface area contributed by atoms with Crippen LogP contribution in [-0.2, 0) is 6.61 Å². The van der Waals surface area contributed by atoms with Gasteiger partial charge in [0.1, 0.15) is 12.4 Å². The van der Waals surface area contributed by atoms with E-state index in [0.29, 0.717) is 31.0 Å². The van der Waals surface area contributed by atoms with E-state index in [-0.39, 0.29) is 17.1 Å². The molecule has 6 heteroatoms.